The van der Waals surface area contributed by atoms with E-state index in [9.17, 15) is 14.7 Å². The van der Waals surface area contributed by atoms with Crippen LogP contribution in [0.15, 0.2) is 0 Å². The number of nitrogens with one attached hydrogen (secondary N) is 1. The molecule has 1 rings (SSSR count). The van der Waals surface area contributed by atoms with Gasteiger partial charge in [0.05, 0.1) is 11.8 Å². The zero-order valence-corrected chi connectivity index (χ0v) is 12.5. The third kappa shape index (κ3) is 4.78. The van der Waals surface area contributed by atoms with Crippen molar-refractivity contribution in [3.63, 3.8) is 0 Å². The second-order valence-corrected chi connectivity index (χ2v) is 6.02. The minimum atomic E-state index is -0.852. The lowest BCUT2D eigenvalue weighted by atomic mass is 9.95. The van der Waals surface area contributed by atoms with Crippen molar-refractivity contribution in [1.29, 1.82) is 0 Å². The van der Waals surface area contributed by atoms with Crippen LogP contribution in [0.25, 0.3) is 0 Å². The van der Waals surface area contributed by atoms with Crippen LogP contribution in [0.2, 0.25) is 0 Å². The smallest absolute Gasteiger partial charge is 0.307 e. The maximum absolute atomic E-state index is 12.1. The van der Waals surface area contributed by atoms with Crippen LogP contribution in [0.3, 0.4) is 0 Å². The molecule has 4 atom stereocenters. The fraction of sp³-hybridized carbons (Fsp3) is 0.867. The lowest BCUT2D eigenvalue weighted by molar-refractivity contribution is -0.146. The van der Waals surface area contributed by atoms with Crippen LogP contribution < -0.4 is 5.32 Å². The third-order valence-electron chi connectivity index (χ3n) is 4.38. The van der Waals surface area contributed by atoms with Crippen molar-refractivity contribution < 1.29 is 19.8 Å². The molecular weight excluding hydrogens is 258 g/mol. The monoisotopic (exact) mass is 285 g/mol. The molecule has 1 saturated carbocycles. The highest BCUT2D eigenvalue weighted by Gasteiger charge is 2.41. The molecule has 0 aliphatic heterocycles. The quantitative estimate of drug-likeness (QED) is 0.592. The van der Waals surface area contributed by atoms with Gasteiger partial charge in [0.1, 0.15) is 0 Å². The summed E-state index contributed by atoms with van der Waals surface area (Å²) in [6.07, 6.45) is 3.91. The standard InChI is InChI=1S/C15H27NO4/c1-3-11-7-12(13(8-11)15(19)20)14(18)16-6-4-5-10(2)9-17/h10-13,17H,3-9H2,1-2H3,(H,16,18)(H,19,20)/t10?,11?,12-,13+/m0/s1. The van der Waals surface area contributed by atoms with E-state index in [2.05, 4.69) is 5.32 Å². The van der Waals surface area contributed by atoms with Gasteiger partial charge in [0.25, 0.3) is 0 Å². The largest absolute Gasteiger partial charge is 0.481 e. The van der Waals surface area contributed by atoms with E-state index in [1.807, 2.05) is 13.8 Å². The first-order valence-corrected chi connectivity index (χ1v) is 7.60. The van der Waals surface area contributed by atoms with Gasteiger partial charge in [-0.05, 0) is 37.5 Å². The van der Waals surface area contributed by atoms with Crippen molar-refractivity contribution >= 4 is 11.9 Å². The molecule has 2 unspecified atom stereocenters. The van der Waals surface area contributed by atoms with E-state index in [0.717, 1.165) is 19.3 Å². The van der Waals surface area contributed by atoms with Crippen LogP contribution in [0.1, 0.15) is 46.0 Å². The Bertz CT molecular complexity index is 332. The number of carbonyl (C=O) groups excluding carboxylic acids is 1. The van der Waals surface area contributed by atoms with E-state index in [-0.39, 0.29) is 24.3 Å². The number of aliphatic hydroxyl groups excluding tert-OH is 1. The highest BCUT2D eigenvalue weighted by atomic mass is 16.4. The molecule has 0 aromatic carbocycles. The SMILES string of the molecule is CCC1C[C@H](C(=O)NCCCC(C)CO)[C@H](C(=O)O)C1. The summed E-state index contributed by atoms with van der Waals surface area (Å²) in [5.41, 5.74) is 0. The summed E-state index contributed by atoms with van der Waals surface area (Å²) < 4.78 is 0. The molecule has 5 heteroatoms. The number of hydrogen-bond donors (Lipinski definition) is 3. The molecule has 5 nitrogen and oxygen atoms in total. The molecular formula is C15H27NO4. The highest BCUT2D eigenvalue weighted by molar-refractivity contribution is 5.85. The van der Waals surface area contributed by atoms with Crippen molar-refractivity contribution in [3.05, 3.63) is 0 Å². The number of aliphatic carboxylic acids is 1. The average molecular weight is 285 g/mol. The Morgan fingerprint density at radius 2 is 1.95 bits per heavy atom. The van der Waals surface area contributed by atoms with Gasteiger partial charge in [0, 0.05) is 13.2 Å². The third-order valence-corrected chi connectivity index (χ3v) is 4.38. The van der Waals surface area contributed by atoms with E-state index in [4.69, 9.17) is 5.11 Å². The lowest BCUT2D eigenvalue weighted by Crippen LogP contribution is -2.35. The van der Waals surface area contributed by atoms with E-state index >= 15 is 0 Å². The van der Waals surface area contributed by atoms with E-state index < -0.39 is 11.9 Å². The van der Waals surface area contributed by atoms with Gasteiger partial charge in [0.2, 0.25) is 5.91 Å². The Labute approximate surface area is 120 Å². The minimum Gasteiger partial charge on any atom is -0.481 e. The van der Waals surface area contributed by atoms with Gasteiger partial charge in [-0.25, -0.2) is 0 Å². The van der Waals surface area contributed by atoms with Gasteiger partial charge < -0.3 is 15.5 Å². The van der Waals surface area contributed by atoms with E-state index in [1.54, 1.807) is 0 Å². The number of carbonyl (C=O) groups is 2. The molecule has 1 amide bonds. The summed E-state index contributed by atoms with van der Waals surface area (Å²) in [7, 11) is 0. The van der Waals surface area contributed by atoms with E-state index in [0.29, 0.717) is 25.3 Å². The maximum atomic E-state index is 12.1. The van der Waals surface area contributed by atoms with Gasteiger partial charge in [0.15, 0.2) is 0 Å². The lowest BCUT2D eigenvalue weighted by Gasteiger charge is -2.16. The highest BCUT2D eigenvalue weighted by Crippen LogP contribution is 2.38. The second kappa shape index (κ2) is 8.25. The molecule has 1 aliphatic rings. The number of carboxylic acid groups (broad SMARTS) is 1. The van der Waals surface area contributed by atoms with Gasteiger partial charge in [-0.1, -0.05) is 20.3 Å². The summed E-state index contributed by atoms with van der Waals surface area (Å²) in [5.74, 6) is -1.29. The summed E-state index contributed by atoms with van der Waals surface area (Å²) in [4.78, 5) is 23.3. The molecule has 0 aromatic rings. The zero-order valence-electron chi connectivity index (χ0n) is 12.5. The van der Waals surface area contributed by atoms with Gasteiger partial charge >= 0.3 is 5.97 Å². The molecule has 0 heterocycles. The molecule has 0 radical (unpaired) electrons. The maximum Gasteiger partial charge on any atom is 0.307 e. The van der Waals surface area contributed by atoms with Crippen molar-refractivity contribution in [2.75, 3.05) is 13.2 Å². The molecule has 1 fully saturated rings. The Morgan fingerprint density at radius 1 is 1.30 bits per heavy atom. The molecule has 116 valence electrons. The number of rotatable bonds is 8. The fourth-order valence-corrected chi connectivity index (χ4v) is 2.92. The molecule has 0 saturated heterocycles. The molecule has 3 N–H and O–H groups in total. The average Bonchev–Trinajstić information content (AvgIpc) is 2.87. The van der Waals surface area contributed by atoms with Crippen LogP contribution in [-0.2, 0) is 9.59 Å². The summed E-state index contributed by atoms with van der Waals surface area (Å²) in [6.45, 7) is 4.73. The van der Waals surface area contributed by atoms with Crippen LogP contribution in [-0.4, -0.2) is 35.2 Å². The first kappa shape index (κ1) is 17.0. The number of amides is 1. The molecule has 20 heavy (non-hydrogen) atoms. The van der Waals surface area contributed by atoms with Crippen LogP contribution in [0.4, 0.5) is 0 Å². The van der Waals surface area contributed by atoms with Crippen LogP contribution in [0.5, 0.6) is 0 Å². The number of aliphatic hydroxyl groups is 1. The minimum absolute atomic E-state index is 0.120. The van der Waals surface area contributed by atoms with Crippen LogP contribution >= 0.6 is 0 Å². The predicted octanol–water partition coefficient (Wildman–Crippen LogP) is 1.65. The van der Waals surface area contributed by atoms with Crippen molar-refractivity contribution in [2.45, 2.75) is 46.0 Å². The summed E-state index contributed by atoms with van der Waals surface area (Å²) in [6, 6.07) is 0. The fourth-order valence-electron chi connectivity index (χ4n) is 2.92. The summed E-state index contributed by atoms with van der Waals surface area (Å²) >= 11 is 0. The summed E-state index contributed by atoms with van der Waals surface area (Å²) in [5, 5.41) is 21.0. The first-order chi connectivity index (χ1) is 9.49. The van der Waals surface area contributed by atoms with Crippen molar-refractivity contribution in [1.82, 2.24) is 5.32 Å². The molecule has 0 aromatic heterocycles. The Balaban J connectivity index is 2.39. The van der Waals surface area contributed by atoms with Gasteiger partial charge in [-0.2, -0.15) is 0 Å². The molecule has 0 bridgehead atoms. The topological polar surface area (TPSA) is 86.6 Å². The van der Waals surface area contributed by atoms with Gasteiger partial charge in [-0.3, -0.25) is 9.59 Å². The van der Waals surface area contributed by atoms with Crippen molar-refractivity contribution in [2.24, 2.45) is 23.7 Å². The van der Waals surface area contributed by atoms with E-state index in [1.165, 1.54) is 0 Å². The normalized spacial score (nSPS) is 27.2. The zero-order chi connectivity index (χ0) is 15.1. The van der Waals surface area contributed by atoms with Crippen LogP contribution in [0, 0.1) is 23.7 Å². The Morgan fingerprint density at radius 3 is 2.50 bits per heavy atom. The second-order valence-electron chi connectivity index (χ2n) is 6.02. The number of hydrogen-bond acceptors (Lipinski definition) is 3. The molecule has 1 aliphatic carbocycles. The Kier molecular flexibility index (Phi) is 6.99. The Hall–Kier alpha value is -1.10. The molecule has 0 spiro atoms. The van der Waals surface area contributed by atoms with Crippen molar-refractivity contribution in [3.8, 4) is 0 Å². The number of carboxylic acids is 1. The van der Waals surface area contributed by atoms with Gasteiger partial charge in [-0.15, -0.1) is 0 Å². The predicted molar refractivity (Wildman–Crippen MR) is 76.1 cm³/mol. The first-order valence-electron chi connectivity index (χ1n) is 7.60.